The summed E-state index contributed by atoms with van der Waals surface area (Å²) in [6.07, 6.45) is 2.99. The van der Waals surface area contributed by atoms with Gasteiger partial charge in [0.05, 0.1) is 12.7 Å². The largest absolute Gasteiger partial charge is 0.493 e. The first-order valence-electron chi connectivity index (χ1n) is 6.06. The van der Waals surface area contributed by atoms with Gasteiger partial charge in [-0.1, -0.05) is 31.4 Å². The molecule has 1 aromatic carbocycles. The van der Waals surface area contributed by atoms with Gasteiger partial charge in [-0.2, -0.15) is 0 Å². The van der Waals surface area contributed by atoms with E-state index in [4.69, 9.17) is 4.74 Å². The highest BCUT2D eigenvalue weighted by molar-refractivity contribution is 5.38. The number of unbranched alkanes of at least 4 members (excludes halogenated alkanes) is 2. The summed E-state index contributed by atoms with van der Waals surface area (Å²) in [6.45, 7) is 6.70. The first-order valence-corrected chi connectivity index (χ1v) is 6.06. The van der Waals surface area contributed by atoms with Gasteiger partial charge in [0.2, 0.25) is 0 Å². The van der Waals surface area contributed by atoms with Crippen LogP contribution in [0.1, 0.15) is 50.3 Å². The minimum atomic E-state index is -0.471. The Balaban J connectivity index is 2.64. The van der Waals surface area contributed by atoms with E-state index < -0.39 is 6.10 Å². The lowest BCUT2D eigenvalue weighted by Gasteiger charge is -2.14. The minimum absolute atomic E-state index is 0.471. The molecule has 0 heterocycles. The van der Waals surface area contributed by atoms with Crippen molar-refractivity contribution >= 4 is 0 Å². The molecule has 90 valence electrons. The third-order valence-corrected chi connectivity index (χ3v) is 2.62. The lowest BCUT2D eigenvalue weighted by molar-refractivity contribution is 0.190. The van der Waals surface area contributed by atoms with Gasteiger partial charge in [-0.3, -0.25) is 0 Å². The molecule has 1 rings (SSSR count). The molecule has 16 heavy (non-hydrogen) atoms. The van der Waals surface area contributed by atoms with Crippen molar-refractivity contribution in [2.75, 3.05) is 6.61 Å². The summed E-state index contributed by atoms with van der Waals surface area (Å²) < 4.78 is 5.70. The molecule has 1 aromatic rings. The van der Waals surface area contributed by atoms with Gasteiger partial charge in [-0.25, -0.2) is 0 Å². The molecule has 0 saturated carbocycles. The number of aliphatic hydroxyl groups excluding tert-OH is 1. The lowest BCUT2D eigenvalue weighted by atomic mass is 10.1. The minimum Gasteiger partial charge on any atom is -0.493 e. The standard InChI is InChI=1S/C14H22O2/c1-4-5-6-9-16-14-8-7-11(2)10-13(14)12(3)15/h7-8,10,12,15H,4-6,9H2,1-3H3/t12-/m0/s1. The Morgan fingerprint density at radius 3 is 2.69 bits per heavy atom. The summed E-state index contributed by atoms with van der Waals surface area (Å²) >= 11 is 0. The third kappa shape index (κ3) is 3.86. The average Bonchev–Trinajstić information content (AvgIpc) is 2.26. The Kier molecular flexibility index (Phi) is 5.33. The molecule has 1 atom stereocenters. The highest BCUT2D eigenvalue weighted by atomic mass is 16.5. The van der Waals surface area contributed by atoms with Gasteiger partial charge in [0.15, 0.2) is 0 Å². The van der Waals surface area contributed by atoms with Gasteiger partial charge >= 0.3 is 0 Å². The van der Waals surface area contributed by atoms with Crippen LogP contribution in [0.5, 0.6) is 5.75 Å². The van der Waals surface area contributed by atoms with Crippen molar-refractivity contribution in [1.29, 1.82) is 0 Å². The fourth-order valence-corrected chi connectivity index (χ4v) is 1.66. The molecular weight excluding hydrogens is 200 g/mol. The second-order valence-corrected chi connectivity index (χ2v) is 4.27. The Hall–Kier alpha value is -1.02. The van der Waals surface area contributed by atoms with Crippen molar-refractivity contribution in [3.05, 3.63) is 29.3 Å². The molecule has 0 aliphatic rings. The summed E-state index contributed by atoms with van der Waals surface area (Å²) in [6, 6.07) is 5.95. The number of hydrogen-bond acceptors (Lipinski definition) is 2. The van der Waals surface area contributed by atoms with Crippen LogP contribution in [-0.4, -0.2) is 11.7 Å². The number of aryl methyl sites for hydroxylation is 1. The highest BCUT2D eigenvalue weighted by Gasteiger charge is 2.08. The van der Waals surface area contributed by atoms with Crippen molar-refractivity contribution in [1.82, 2.24) is 0 Å². The van der Waals surface area contributed by atoms with Gasteiger partial charge < -0.3 is 9.84 Å². The van der Waals surface area contributed by atoms with Crippen molar-refractivity contribution in [3.8, 4) is 5.75 Å². The second kappa shape index (κ2) is 6.54. The topological polar surface area (TPSA) is 29.5 Å². The average molecular weight is 222 g/mol. The predicted octanol–water partition coefficient (Wildman–Crippen LogP) is 3.62. The maximum Gasteiger partial charge on any atom is 0.125 e. The summed E-state index contributed by atoms with van der Waals surface area (Å²) in [5.41, 5.74) is 2.04. The molecule has 1 N–H and O–H groups in total. The van der Waals surface area contributed by atoms with Crippen LogP contribution in [0.3, 0.4) is 0 Å². The molecule has 0 fully saturated rings. The number of rotatable bonds is 6. The first kappa shape index (κ1) is 13.0. The van der Waals surface area contributed by atoms with E-state index in [1.807, 2.05) is 25.1 Å². The number of ether oxygens (including phenoxy) is 1. The quantitative estimate of drug-likeness (QED) is 0.745. The van der Waals surface area contributed by atoms with E-state index in [0.717, 1.165) is 29.9 Å². The predicted molar refractivity (Wildman–Crippen MR) is 66.8 cm³/mol. The van der Waals surface area contributed by atoms with Crippen LogP contribution in [0.25, 0.3) is 0 Å². The van der Waals surface area contributed by atoms with Gasteiger partial charge in [-0.15, -0.1) is 0 Å². The molecule has 0 unspecified atom stereocenters. The van der Waals surface area contributed by atoms with E-state index in [-0.39, 0.29) is 0 Å². The third-order valence-electron chi connectivity index (χ3n) is 2.62. The van der Waals surface area contributed by atoms with E-state index in [2.05, 4.69) is 6.92 Å². The molecule has 2 nitrogen and oxygen atoms in total. The van der Waals surface area contributed by atoms with E-state index in [1.165, 1.54) is 12.8 Å². The fourth-order valence-electron chi connectivity index (χ4n) is 1.66. The molecule has 0 saturated heterocycles. The van der Waals surface area contributed by atoms with Crippen molar-refractivity contribution < 1.29 is 9.84 Å². The molecule has 0 bridgehead atoms. The molecule has 0 aliphatic heterocycles. The van der Waals surface area contributed by atoms with Crippen molar-refractivity contribution in [2.24, 2.45) is 0 Å². The SMILES string of the molecule is CCCCCOc1ccc(C)cc1[C@H](C)O. The second-order valence-electron chi connectivity index (χ2n) is 4.27. The maximum atomic E-state index is 9.65. The first-order chi connectivity index (χ1) is 7.65. The molecule has 0 radical (unpaired) electrons. The molecule has 0 aromatic heterocycles. The fraction of sp³-hybridized carbons (Fsp3) is 0.571. The van der Waals surface area contributed by atoms with E-state index in [0.29, 0.717) is 0 Å². The Labute approximate surface area is 98.3 Å². The van der Waals surface area contributed by atoms with Crippen molar-refractivity contribution in [3.63, 3.8) is 0 Å². The van der Waals surface area contributed by atoms with Crippen LogP contribution in [0.4, 0.5) is 0 Å². The number of hydrogen-bond donors (Lipinski definition) is 1. The normalized spacial score (nSPS) is 12.5. The lowest BCUT2D eigenvalue weighted by Crippen LogP contribution is -2.02. The molecule has 0 spiro atoms. The van der Waals surface area contributed by atoms with Gasteiger partial charge in [0.25, 0.3) is 0 Å². The van der Waals surface area contributed by atoms with Crippen LogP contribution in [0.15, 0.2) is 18.2 Å². The summed E-state index contributed by atoms with van der Waals surface area (Å²) in [5.74, 6) is 0.816. The van der Waals surface area contributed by atoms with Gasteiger partial charge in [0, 0.05) is 5.56 Å². The molecule has 2 heteroatoms. The highest BCUT2D eigenvalue weighted by Crippen LogP contribution is 2.26. The van der Waals surface area contributed by atoms with E-state index in [9.17, 15) is 5.11 Å². The molecular formula is C14H22O2. The number of benzene rings is 1. The molecule has 0 aliphatic carbocycles. The Bertz CT molecular complexity index is 319. The Morgan fingerprint density at radius 1 is 1.31 bits per heavy atom. The number of aliphatic hydroxyl groups is 1. The Morgan fingerprint density at radius 2 is 2.06 bits per heavy atom. The zero-order valence-corrected chi connectivity index (χ0v) is 10.5. The van der Waals surface area contributed by atoms with Gasteiger partial charge in [-0.05, 0) is 32.4 Å². The maximum absolute atomic E-state index is 9.65. The summed E-state index contributed by atoms with van der Waals surface area (Å²) in [7, 11) is 0. The monoisotopic (exact) mass is 222 g/mol. The van der Waals surface area contributed by atoms with Crippen LogP contribution < -0.4 is 4.74 Å². The van der Waals surface area contributed by atoms with Crippen LogP contribution >= 0.6 is 0 Å². The van der Waals surface area contributed by atoms with Gasteiger partial charge in [0.1, 0.15) is 5.75 Å². The van der Waals surface area contributed by atoms with E-state index in [1.54, 1.807) is 6.92 Å². The summed E-state index contributed by atoms with van der Waals surface area (Å²) in [4.78, 5) is 0. The zero-order chi connectivity index (χ0) is 12.0. The zero-order valence-electron chi connectivity index (χ0n) is 10.5. The van der Waals surface area contributed by atoms with Crippen LogP contribution in [-0.2, 0) is 0 Å². The molecule has 0 amide bonds. The van der Waals surface area contributed by atoms with E-state index >= 15 is 0 Å². The van der Waals surface area contributed by atoms with Crippen LogP contribution in [0.2, 0.25) is 0 Å². The van der Waals surface area contributed by atoms with Crippen molar-refractivity contribution in [2.45, 2.75) is 46.1 Å². The van der Waals surface area contributed by atoms with Crippen LogP contribution in [0, 0.1) is 6.92 Å². The summed E-state index contributed by atoms with van der Waals surface area (Å²) in [5, 5.41) is 9.65. The smallest absolute Gasteiger partial charge is 0.125 e.